The highest BCUT2D eigenvalue weighted by Gasteiger charge is 2.28. The van der Waals surface area contributed by atoms with Gasteiger partial charge in [-0.05, 0) is 51.1 Å². The smallest absolute Gasteiger partial charge is 0.317 e. The molecular formula is C17H26ClN3O3S. The minimum atomic E-state index is -3.41. The molecule has 1 aliphatic rings. The van der Waals surface area contributed by atoms with Gasteiger partial charge in [-0.25, -0.2) is 13.2 Å². The van der Waals surface area contributed by atoms with Gasteiger partial charge in [0.15, 0.2) is 9.84 Å². The van der Waals surface area contributed by atoms with Crippen LogP contribution in [0.25, 0.3) is 0 Å². The second-order valence-corrected chi connectivity index (χ2v) is 9.20. The molecule has 1 aromatic carbocycles. The number of benzene rings is 1. The summed E-state index contributed by atoms with van der Waals surface area (Å²) in [5.41, 5.74) is 0. The van der Waals surface area contributed by atoms with E-state index in [1.165, 1.54) is 6.07 Å². The maximum Gasteiger partial charge on any atom is 0.317 e. The Balaban J connectivity index is 1.93. The monoisotopic (exact) mass is 387 g/mol. The summed E-state index contributed by atoms with van der Waals surface area (Å²) < 4.78 is 25.2. The molecule has 8 heteroatoms. The fourth-order valence-corrected chi connectivity index (χ4v) is 4.88. The van der Waals surface area contributed by atoms with Crippen molar-refractivity contribution in [2.45, 2.75) is 17.7 Å². The van der Waals surface area contributed by atoms with E-state index in [0.717, 1.165) is 19.4 Å². The van der Waals surface area contributed by atoms with Crippen LogP contribution in [0.3, 0.4) is 0 Å². The molecule has 1 heterocycles. The zero-order chi connectivity index (χ0) is 18.4. The van der Waals surface area contributed by atoms with E-state index in [-0.39, 0.29) is 22.6 Å². The number of likely N-dealkylation sites (tertiary alicyclic amines) is 1. The van der Waals surface area contributed by atoms with Crippen molar-refractivity contribution in [3.8, 4) is 0 Å². The highest BCUT2D eigenvalue weighted by atomic mass is 35.5. The molecule has 1 atom stereocenters. The van der Waals surface area contributed by atoms with Gasteiger partial charge in [0, 0.05) is 31.2 Å². The average Bonchev–Trinajstić information content (AvgIpc) is 2.54. The lowest BCUT2D eigenvalue weighted by Crippen LogP contribution is -2.47. The quantitative estimate of drug-likeness (QED) is 0.811. The molecule has 0 bridgehead atoms. The van der Waals surface area contributed by atoms with Crippen LogP contribution in [0.5, 0.6) is 0 Å². The van der Waals surface area contributed by atoms with Gasteiger partial charge >= 0.3 is 6.03 Å². The lowest BCUT2D eigenvalue weighted by Gasteiger charge is -2.32. The Morgan fingerprint density at radius 3 is 2.84 bits per heavy atom. The number of nitrogens with one attached hydrogen (secondary N) is 1. The van der Waals surface area contributed by atoms with Crippen molar-refractivity contribution in [3.63, 3.8) is 0 Å². The maximum absolute atomic E-state index is 12.6. The van der Waals surface area contributed by atoms with Gasteiger partial charge < -0.3 is 15.1 Å². The van der Waals surface area contributed by atoms with Crippen LogP contribution in [0, 0.1) is 5.92 Å². The first-order valence-corrected chi connectivity index (χ1v) is 10.5. The Kier molecular flexibility index (Phi) is 7.10. The number of nitrogens with zero attached hydrogens (tertiary/aromatic N) is 2. The van der Waals surface area contributed by atoms with Gasteiger partial charge in [0.05, 0.1) is 10.6 Å². The minimum absolute atomic E-state index is 0.0365. The molecule has 1 unspecified atom stereocenters. The van der Waals surface area contributed by atoms with Gasteiger partial charge in [-0.1, -0.05) is 17.7 Å². The standard InChI is InChI=1S/C17H26ClN3O3S/c1-20(2)10-8-19-17(22)21-9-4-5-14(12-21)13-25(23,24)16-7-3-6-15(18)11-16/h3,6-7,11,14H,4-5,8-10,12-13H2,1-2H3,(H,19,22). The molecule has 0 aliphatic carbocycles. The summed E-state index contributed by atoms with van der Waals surface area (Å²) in [5, 5.41) is 3.29. The van der Waals surface area contributed by atoms with E-state index in [9.17, 15) is 13.2 Å². The highest BCUT2D eigenvalue weighted by molar-refractivity contribution is 7.91. The SMILES string of the molecule is CN(C)CCNC(=O)N1CCCC(CS(=O)(=O)c2cccc(Cl)c2)C1. The van der Waals surface area contributed by atoms with Crippen molar-refractivity contribution in [3.05, 3.63) is 29.3 Å². The predicted molar refractivity (Wildman–Crippen MR) is 99.8 cm³/mol. The van der Waals surface area contributed by atoms with Crippen LogP contribution >= 0.6 is 11.6 Å². The molecule has 1 N–H and O–H groups in total. The number of rotatable bonds is 6. The second-order valence-electron chi connectivity index (χ2n) is 6.73. The van der Waals surface area contributed by atoms with Gasteiger partial charge in [-0.15, -0.1) is 0 Å². The first-order chi connectivity index (χ1) is 11.8. The fraction of sp³-hybridized carbons (Fsp3) is 0.588. The molecule has 0 saturated carbocycles. The van der Waals surface area contributed by atoms with Crippen LogP contribution in [0.2, 0.25) is 5.02 Å². The summed E-state index contributed by atoms with van der Waals surface area (Å²) in [6.07, 6.45) is 1.62. The van der Waals surface area contributed by atoms with E-state index < -0.39 is 9.84 Å². The van der Waals surface area contributed by atoms with Crippen LogP contribution < -0.4 is 5.32 Å². The number of carbonyl (C=O) groups is 1. The largest absolute Gasteiger partial charge is 0.337 e. The van der Waals surface area contributed by atoms with E-state index in [1.807, 2.05) is 19.0 Å². The molecular weight excluding hydrogens is 362 g/mol. The molecule has 1 aliphatic heterocycles. The summed E-state index contributed by atoms with van der Waals surface area (Å²) in [7, 11) is 0.487. The van der Waals surface area contributed by atoms with Crippen molar-refractivity contribution in [1.29, 1.82) is 0 Å². The Morgan fingerprint density at radius 2 is 2.16 bits per heavy atom. The first-order valence-electron chi connectivity index (χ1n) is 8.44. The van der Waals surface area contributed by atoms with Crippen LogP contribution in [0.4, 0.5) is 4.79 Å². The molecule has 0 aromatic heterocycles. The summed E-state index contributed by atoms with van der Waals surface area (Å²) in [6, 6.07) is 6.22. The molecule has 2 rings (SSSR count). The van der Waals surface area contributed by atoms with E-state index in [4.69, 9.17) is 11.6 Å². The van der Waals surface area contributed by atoms with Gasteiger partial charge in [-0.3, -0.25) is 0 Å². The zero-order valence-corrected chi connectivity index (χ0v) is 16.3. The fourth-order valence-electron chi connectivity index (χ4n) is 2.95. The normalized spacial score (nSPS) is 18.4. The van der Waals surface area contributed by atoms with Crippen molar-refractivity contribution in [2.24, 2.45) is 5.92 Å². The van der Waals surface area contributed by atoms with Crippen molar-refractivity contribution in [2.75, 3.05) is 46.0 Å². The molecule has 2 amide bonds. The van der Waals surface area contributed by atoms with Crippen molar-refractivity contribution >= 4 is 27.5 Å². The topological polar surface area (TPSA) is 69.7 Å². The lowest BCUT2D eigenvalue weighted by atomic mass is 10.0. The number of halogens is 1. The maximum atomic E-state index is 12.6. The number of carbonyl (C=O) groups excluding carboxylic acids is 1. The first kappa shape index (κ1) is 20.0. The number of sulfone groups is 1. The molecule has 25 heavy (non-hydrogen) atoms. The number of hydrogen-bond acceptors (Lipinski definition) is 4. The summed E-state index contributed by atoms with van der Waals surface area (Å²) in [5.74, 6) is -0.0215. The zero-order valence-electron chi connectivity index (χ0n) is 14.7. The van der Waals surface area contributed by atoms with Gasteiger partial charge in [0.1, 0.15) is 0 Å². The minimum Gasteiger partial charge on any atom is -0.337 e. The Bertz CT molecular complexity index is 694. The molecule has 6 nitrogen and oxygen atoms in total. The van der Waals surface area contributed by atoms with Crippen LogP contribution in [-0.2, 0) is 9.84 Å². The average molecular weight is 388 g/mol. The van der Waals surface area contributed by atoms with E-state index >= 15 is 0 Å². The molecule has 140 valence electrons. The van der Waals surface area contributed by atoms with Crippen LogP contribution in [0.1, 0.15) is 12.8 Å². The van der Waals surface area contributed by atoms with Crippen molar-refractivity contribution < 1.29 is 13.2 Å². The van der Waals surface area contributed by atoms with E-state index in [0.29, 0.717) is 24.7 Å². The van der Waals surface area contributed by atoms with Crippen LogP contribution in [-0.4, -0.2) is 70.3 Å². The third-order valence-electron chi connectivity index (χ3n) is 4.25. The highest BCUT2D eigenvalue weighted by Crippen LogP contribution is 2.23. The molecule has 1 saturated heterocycles. The number of piperidine rings is 1. The number of likely N-dealkylation sites (N-methyl/N-ethyl adjacent to an activating group) is 1. The summed E-state index contributed by atoms with van der Waals surface area (Å²) in [6.45, 7) is 2.48. The van der Waals surface area contributed by atoms with Crippen LogP contribution in [0.15, 0.2) is 29.2 Å². The molecule has 1 aromatic rings. The van der Waals surface area contributed by atoms with E-state index in [1.54, 1.807) is 23.1 Å². The summed E-state index contributed by atoms with van der Waals surface area (Å²) >= 11 is 5.90. The van der Waals surface area contributed by atoms with Gasteiger partial charge in [0.2, 0.25) is 0 Å². The van der Waals surface area contributed by atoms with E-state index in [2.05, 4.69) is 5.32 Å². The second kappa shape index (κ2) is 8.87. The van der Waals surface area contributed by atoms with Gasteiger partial charge in [-0.2, -0.15) is 0 Å². The third kappa shape index (κ3) is 6.17. The molecule has 1 fully saturated rings. The number of hydrogen-bond donors (Lipinski definition) is 1. The third-order valence-corrected chi connectivity index (χ3v) is 6.37. The lowest BCUT2D eigenvalue weighted by molar-refractivity contribution is 0.169. The molecule has 0 radical (unpaired) electrons. The summed E-state index contributed by atoms with van der Waals surface area (Å²) in [4.78, 5) is 16.2. The van der Waals surface area contributed by atoms with Gasteiger partial charge in [0.25, 0.3) is 0 Å². The Hall–Kier alpha value is -1.31. The Morgan fingerprint density at radius 1 is 1.40 bits per heavy atom. The predicted octanol–water partition coefficient (Wildman–Crippen LogP) is 2.10. The van der Waals surface area contributed by atoms with Crippen molar-refractivity contribution in [1.82, 2.24) is 15.1 Å². The number of urea groups is 1. The molecule has 0 spiro atoms. The number of amides is 2. The Labute approximate surface area is 155 Å².